The van der Waals surface area contributed by atoms with Crippen LogP contribution >= 0.6 is 11.8 Å². The summed E-state index contributed by atoms with van der Waals surface area (Å²) in [6.07, 6.45) is 7.61. The van der Waals surface area contributed by atoms with Crippen molar-refractivity contribution < 1.29 is 14.7 Å². The fourth-order valence-electron chi connectivity index (χ4n) is 3.53. The molecule has 1 saturated heterocycles. The lowest BCUT2D eigenvalue weighted by molar-refractivity contribution is -0.125. The third-order valence-corrected chi connectivity index (χ3v) is 5.91. The highest BCUT2D eigenvalue weighted by Crippen LogP contribution is 2.37. The van der Waals surface area contributed by atoms with Gasteiger partial charge in [0.15, 0.2) is 0 Å². The van der Waals surface area contributed by atoms with E-state index in [4.69, 9.17) is 5.11 Å². The number of nitrogens with zero attached hydrogens (tertiary/aromatic N) is 1. The fourth-order valence-corrected chi connectivity index (χ4v) is 4.45. The lowest BCUT2D eigenvalue weighted by Crippen LogP contribution is -2.42. The number of imide groups is 1. The first-order valence-corrected chi connectivity index (χ1v) is 9.38. The normalized spacial score (nSPS) is 22.4. The molecule has 24 heavy (non-hydrogen) atoms. The van der Waals surface area contributed by atoms with Crippen LogP contribution in [0.15, 0.2) is 29.2 Å². The Kier molecular flexibility index (Phi) is 5.41. The fraction of sp³-hybridized carbons (Fsp3) is 0.474. The van der Waals surface area contributed by atoms with Crippen molar-refractivity contribution in [3.05, 3.63) is 40.3 Å². The molecule has 2 fully saturated rings. The largest absolute Gasteiger partial charge is 0.392 e. The first kappa shape index (κ1) is 17.2. The molecule has 2 aliphatic rings. The van der Waals surface area contributed by atoms with Crippen LogP contribution < -0.4 is 0 Å². The standard InChI is InChI=1S/C19H23NO3S/c1-13(16-5-3-2-4-6-16)20-18(22)17(24-19(20)23)11-14-7-9-15(12-21)10-8-14/h7-11,13,16,21H,2-6,12H2,1H3/b17-11-. The molecule has 0 radical (unpaired) electrons. The Labute approximate surface area is 146 Å². The van der Waals surface area contributed by atoms with Gasteiger partial charge in [-0.3, -0.25) is 14.5 Å². The summed E-state index contributed by atoms with van der Waals surface area (Å²) in [4.78, 5) is 27.0. The number of amides is 2. The SMILES string of the molecule is CC(C1CCCCC1)N1C(=O)S/C(=C\c2ccc(CO)cc2)C1=O. The van der Waals surface area contributed by atoms with E-state index in [0.717, 1.165) is 35.7 Å². The first-order chi connectivity index (χ1) is 11.6. The maximum atomic E-state index is 12.7. The number of carbonyl (C=O) groups is 2. The zero-order valence-electron chi connectivity index (χ0n) is 13.9. The highest BCUT2D eigenvalue weighted by atomic mass is 32.2. The predicted octanol–water partition coefficient (Wildman–Crippen LogP) is 4.18. The molecule has 1 N–H and O–H groups in total. The average Bonchev–Trinajstić information content (AvgIpc) is 2.89. The van der Waals surface area contributed by atoms with Crippen molar-refractivity contribution in [3.8, 4) is 0 Å². The van der Waals surface area contributed by atoms with Crippen molar-refractivity contribution in [1.82, 2.24) is 4.90 Å². The first-order valence-electron chi connectivity index (χ1n) is 8.57. The number of thioether (sulfide) groups is 1. The van der Waals surface area contributed by atoms with Gasteiger partial charge < -0.3 is 5.11 Å². The third kappa shape index (κ3) is 3.57. The van der Waals surface area contributed by atoms with Crippen molar-refractivity contribution in [1.29, 1.82) is 0 Å². The molecule has 1 heterocycles. The van der Waals surface area contributed by atoms with E-state index in [-0.39, 0.29) is 23.8 Å². The van der Waals surface area contributed by atoms with Gasteiger partial charge >= 0.3 is 0 Å². The van der Waals surface area contributed by atoms with E-state index >= 15 is 0 Å². The van der Waals surface area contributed by atoms with Gasteiger partial charge in [-0.25, -0.2) is 0 Å². The number of aliphatic hydroxyl groups is 1. The van der Waals surface area contributed by atoms with Crippen LogP contribution in [0.25, 0.3) is 6.08 Å². The molecular weight excluding hydrogens is 322 g/mol. The Hall–Kier alpha value is -1.59. The van der Waals surface area contributed by atoms with E-state index < -0.39 is 0 Å². The van der Waals surface area contributed by atoms with Gasteiger partial charge in [0.1, 0.15) is 0 Å². The number of rotatable bonds is 4. The molecule has 1 aliphatic carbocycles. The summed E-state index contributed by atoms with van der Waals surface area (Å²) in [5, 5.41) is 8.93. The highest BCUT2D eigenvalue weighted by molar-refractivity contribution is 8.18. The summed E-state index contributed by atoms with van der Waals surface area (Å²) in [6, 6.07) is 7.32. The summed E-state index contributed by atoms with van der Waals surface area (Å²) < 4.78 is 0. The molecule has 0 bridgehead atoms. The molecule has 1 aromatic rings. The second kappa shape index (κ2) is 7.53. The van der Waals surface area contributed by atoms with Gasteiger partial charge in [-0.2, -0.15) is 0 Å². The molecule has 128 valence electrons. The van der Waals surface area contributed by atoms with Crippen molar-refractivity contribution in [3.63, 3.8) is 0 Å². The second-order valence-electron chi connectivity index (χ2n) is 6.59. The maximum absolute atomic E-state index is 12.7. The third-order valence-electron chi connectivity index (χ3n) is 5.02. The summed E-state index contributed by atoms with van der Waals surface area (Å²) in [5.41, 5.74) is 1.69. The van der Waals surface area contributed by atoms with Crippen LogP contribution in [0.4, 0.5) is 4.79 Å². The Morgan fingerprint density at radius 1 is 1.21 bits per heavy atom. The topological polar surface area (TPSA) is 57.6 Å². The molecule has 5 heteroatoms. The number of aliphatic hydroxyl groups excluding tert-OH is 1. The lowest BCUT2D eigenvalue weighted by Gasteiger charge is -2.32. The van der Waals surface area contributed by atoms with E-state index in [1.807, 2.05) is 31.2 Å². The molecule has 2 amide bonds. The molecule has 3 rings (SSSR count). The molecule has 1 aromatic carbocycles. The molecule has 1 atom stereocenters. The Balaban J connectivity index is 1.76. The Morgan fingerprint density at radius 2 is 1.88 bits per heavy atom. The van der Waals surface area contributed by atoms with Crippen molar-refractivity contribution in [2.24, 2.45) is 5.92 Å². The van der Waals surface area contributed by atoms with E-state index in [1.165, 1.54) is 24.2 Å². The Morgan fingerprint density at radius 3 is 2.50 bits per heavy atom. The van der Waals surface area contributed by atoms with Gasteiger partial charge in [0.25, 0.3) is 11.1 Å². The summed E-state index contributed by atoms with van der Waals surface area (Å²) >= 11 is 1.03. The van der Waals surface area contributed by atoms with Crippen LogP contribution in [-0.4, -0.2) is 27.2 Å². The molecule has 1 saturated carbocycles. The van der Waals surface area contributed by atoms with Gasteiger partial charge in [0.05, 0.1) is 11.5 Å². The molecule has 1 unspecified atom stereocenters. The van der Waals surface area contributed by atoms with Crippen LogP contribution in [0.1, 0.15) is 50.2 Å². The van der Waals surface area contributed by atoms with Gasteiger partial charge in [0.2, 0.25) is 0 Å². The van der Waals surface area contributed by atoms with Crippen LogP contribution in [0.2, 0.25) is 0 Å². The van der Waals surface area contributed by atoms with Crippen molar-refractivity contribution in [2.45, 2.75) is 51.7 Å². The van der Waals surface area contributed by atoms with Gasteiger partial charge in [-0.1, -0.05) is 43.5 Å². The molecule has 4 nitrogen and oxygen atoms in total. The van der Waals surface area contributed by atoms with Crippen LogP contribution in [0.5, 0.6) is 0 Å². The summed E-state index contributed by atoms with van der Waals surface area (Å²) in [5.74, 6) is 0.254. The van der Waals surface area contributed by atoms with Crippen molar-refractivity contribution in [2.75, 3.05) is 0 Å². The van der Waals surface area contributed by atoms with Crippen molar-refractivity contribution >= 4 is 29.0 Å². The minimum atomic E-state index is -0.172. The quantitative estimate of drug-likeness (QED) is 0.832. The van der Waals surface area contributed by atoms with E-state index in [1.54, 1.807) is 6.08 Å². The molecular formula is C19H23NO3S. The van der Waals surface area contributed by atoms with Crippen LogP contribution in [-0.2, 0) is 11.4 Å². The minimum Gasteiger partial charge on any atom is -0.392 e. The maximum Gasteiger partial charge on any atom is 0.293 e. The average molecular weight is 345 g/mol. The number of hydrogen-bond donors (Lipinski definition) is 1. The number of hydrogen-bond acceptors (Lipinski definition) is 4. The lowest BCUT2D eigenvalue weighted by atomic mass is 9.84. The molecule has 0 aromatic heterocycles. The van der Waals surface area contributed by atoms with Crippen LogP contribution in [0, 0.1) is 5.92 Å². The second-order valence-corrected chi connectivity index (χ2v) is 7.58. The molecule has 0 spiro atoms. The van der Waals surface area contributed by atoms with Gasteiger partial charge in [-0.05, 0) is 54.6 Å². The predicted molar refractivity (Wildman–Crippen MR) is 96.2 cm³/mol. The van der Waals surface area contributed by atoms with Crippen LogP contribution in [0.3, 0.4) is 0 Å². The number of benzene rings is 1. The van der Waals surface area contributed by atoms with E-state index in [2.05, 4.69) is 0 Å². The van der Waals surface area contributed by atoms with E-state index in [9.17, 15) is 9.59 Å². The van der Waals surface area contributed by atoms with Gasteiger partial charge in [-0.15, -0.1) is 0 Å². The minimum absolute atomic E-state index is 0.00427. The van der Waals surface area contributed by atoms with E-state index in [0.29, 0.717) is 10.8 Å². The number of carbonyl (C=O) groups excluding carboxylic acids is 2. The summed E-state index contributed by atoms with van der Waals surface area (Å²) in [7, 11) is 0. The zero-order valence-corrected chi connectivity index (χ0v) is 14.7. The smallest absolute Gasteiger partial charge is 0.293 e. The summed E-state index contributed by atoms with van der Waals surface area (Å²) in [6.45, 7) is 2.00. The zero-order chi connectivity index (χ0) is 17.1. The molecule has 1 aliphatic heterocycles. The Bertz CT molecular complexity index is 647. The monoisotopic (exact) mass is 345 g/mol. The van der Waals surface area contributed by atoms with Gasteiger partial charge in [0, 0.05) is 6.04 Å². The highest BCUT2D eigenvalue weighted by Gasteiger charge is 2.40.